The summed E-state index contributed by atoms with van der Waals surface area (Å²) in [5, 5.41) is 16.5. The number of phenolic OH excluding ortho intramolecular Hbond substituents is 1. The number of benzene rings is 1. The number of aromatic nitrogens is 3. The molecule has 0 fully saturated rings. The highest BCUT2D eigenvalue weighted by molar-refractivity contribution is 5.67. The summed E-state index contributed by atoms with van der Waals surface area (Å²) in [5.41, 5.74) is 9.23. The van der Waals surface area contributed by atoms with Gasteiger partial charge in [0.1, 0.15) is 17.3 Å². The Hall–Kier alpha value is -3.09. The van der Waals surface area contributed by atoms with Crippen LogP contribution in [0.2, 0.25) is 0 Å². The first-order valence-electron chi connectivity index (χ1n) is 7.62. The third-order valence-electron chi connectivity index (χ3n) is 3.69. The lowest BCUT2D eigenvalue weighted by Gasteiger charge is -2.08. The molecule has 0 radical (unpaired) electrons. The van der Waals surface area contributed by atoms with E-state index < -0.39 is 0 Å². The highest BCUT2D eigenvalue weighted by Crippen LogP contribution is 2.27. The summed E-state index contributed by atoms with van der Waals surface area (Å²) in [6, 6.07) is 8.96. The quantitative estimate of drug-likeness (QED) is 0.661. The van der Waals surface area contributed by atoms with Crippen molar-refractivity contribution >= 4 is 11.8 Å². The summed E-state index contributed by atoms with van der Waals surface area (Å²) in [4.78, 5) is 8.49. The molecule has 7 nitrogen and oxygen atoms in total. The van der Waals surface area contributed by atoms with Crippen LogP contribution >= 0.6 is 0 Å². The number of aromatic hydroxyl groups is 1. The fourth-order valence-corrected chi connectivity index (χ4v) is 2.53. The standard InChI is InChI=1S/C17H19N5O2/c1-10-16(11(2)24-22-10)14-9-15(21-17(18)20-14)19-8-7-12-3-5-13(23)6-4-12/h3-6,9,23H,7-8H2,1-2H3,(H3,18,19,20,21). The molecule has 0 atom stereocenters. The molecule has 124 valence electrons. The lowest BCUT2D eigenvalue weighted by Crippen LogP contribution is -2.08. The van der Waals surface area contributed by atoms with Crippen molar-refractivity contribution in [3.8, 4) is 17.0 Å². The van der Waals surface area contributed by atoms with E-state index in [9.17, 15) is 5.11 Å². The van der Waals surface area contributed by atoms with Crippen molar-refractivity contribution < 1.29 is 9.63 Å². The molecule has 0 amide bonds. The molecular formula is C17H19N5O2. The molecule has 0 aliphatic heterocycles. The van der Waals surface area contributed by atoms with Gasteiger partial charge in [-0.2, -0.15) is 4.98 Å². The first-order chi connectivity index (χ1) is 11.5. The van der Waals surface area contributed by atoms with E-state index in [2.05, 4.69) is 20.4 Å². The minimum Gasteiger partial charge on any atom is -0.508 e. The van der Waals surface area contributed by atoms with Crippen LogP contribution in [0.3, 0.4) is 0 Å². The van der Waals surface area contributed by atoms with Crippen LogP contribution in [0, 0.1) is 13.8 Å². The van der Waals surface area contributed by atoms with Gasteiger partial charge >= 0.3 is 0 Å². The summed E-state index contributed by atoms with van der Waals surface area (Å²) >= 11 is 0. The predicted molar refractivity (Wildman–Crippen MR) is 91.7 cm³/mol. The Morgan fingerprint density at radius 2 is 1.92 bits per heavy atom. The maximum absolute atomic E-state index is 9.30. The number of aryl methyl sites for hydroxylation is 2. The Kier molecular flexibility index (Phi) is 4.33. The van der Waals surface area contributed by atoms with Crippen LogP contribution in [0.15, 0.2) is 34.9 Å². The monoisotopic (exact) mass is 325 g/mol. The van der Waals surface area contributed by atoms with Gasteiger partial charge in [0.15, 0.2) is 0 Å². The highest BCUT2D eigenvalue weighted by Gasteiger charge is 2.14. The SMILES string of the molecule is Cc1noc(C)c1-c1cc(NCCc2ccc(O)cc2)nc(N)n1. The lowest BCUT2D eigenvalue weighted by atomic mass is 10.1. The van der Waals surface area contributed by atoms with Gasteiger partial charge in [-0.25, -0.2) is 4.98 Å². The first kappa shape index (κ1) is 15.8. The predicted octanol–water partition coefficient (Wildman–Crippen LogP) is 2.69. The van der Waals surface area contributed by atoms with Crippen molar-refractivity contribution in [2.75, 3.05) is 17.6 Å². The molecule has 0 saturated carbocycles. The van der Waals surface area contributed by atoms with E-state index in [0.717, 1.165) is 23.2 Å². The molecule has 0 aliphatic carbocycles. The second-order valence-electron chi connectivity index (χ2n) is 5.54. The van der Waals surface area contributed by atoms with E-state index in [1.165, 1.54) is 0 Å². The van der Waals surface area contributed by atoms with Crippen LogP contribution in [0.1, 0.15) is 17.0 Å². The van der Waals surface area contributed by atoms with Crippen molar-refractivity contribution in [1.29, 1.82) is 0 Å². The first-order valence-corrected chi connectivity index (χ1v) is 7.62. The summed E-state index contributed by atoms with van der Waals surface area (Å²) in [7, 11) is 0. The summed E-state index contributed by atoms with van der Waals surface area (Å²) in [6.07, 6.45) is 0.796. The molecule has 0 saturated heterocycles. The van der Waals surface area contributed by atoms with E-state index >= 15 is 0 Å². The molecule has 3 aromatic rings. The molecule has 24 heavy (non-hydrogen) atoms. The smallest absolute Gasteiger partial charge is 0.222 e. The Morgan fingerprint density at radius 3 is 2.58 bits per heavy atom. The molecule has 1 aromatic carbocycles. The van der Waals surface area contributed by atoms with Gasteiger partial charge in [-0.1, -0.05) is 17.3 Å². The van der Waals surface area contributed by atoms with Gasteiger partial charge in [0, 0.05) is 12.6 Å². The number of phenols is 1. The Balaban J connectivity index is 1.73. The van der Waals surface area contributed by atoms with Crippen molar-refractivity contribution in [3.63, 3.8) is 0 Å². The van der Waals surface area contributed by atoms with Crippen molar-refractivity contribution in [2.24, 2.45) is 0 Å². The second kappa shape index (κ2) is 6.57. The zero-order chi connectivity index (χ0) is 17.1. The van der Waals surface area contributed by atoms with Gasteiger partial charge in [-0.05, 0) is 38.0 Å². The number of rotatable bonds is 5. The number of hydrogen-bond acceptors (Lipinski definition) is 7. The summed E-state index contributed by atoms with van der Waals surface area (Å²) < 4.78 is 5.19. The number of nitrogen functional groups attached to an aromatic ring is 1. The largest absolute Gasteiger partial charge is 0.508 e. The molecule has 3 rings (SSSR count). The number of anilines is 2. The van der Waals surface area contributed by atoms with Crippen LogP contribution in [-0.2, 0) is 6.42 Å². The molecule has 0 aliphatic rings. The van der Waals surface area contributed by atoms with Crippen LogP contribution in [-0.4, -0.2) is 26.8 Å². The maximum Gasteiger partial charge on any atom is 0.222 e. The minimum absolute atomic E-state index is 0.194. The van der Waals surface area contributed by atoms with E-state index in [-0.39, 0.29) is 11.7 Å². The normalized spacial score (nSPS) is 10.8. The zero-order valence-corrected chi connectivity index (χ0v) is 13.6. The van der Waals surface area contributed by atoms with Gasteiger partial charge < -0.3 is 20.7 Å². The van der Waals surface area contributed by atoms with Crippen molar-refractivity contribution in [1.82, 2.24) is 15.1 Å². The minimum atomic E-state index is 0.194. The van der Waals surface area contributed by atoms with Crippen molar-refractivity contribution in [3.05, 3.63) is 47.3 Å². The third kappa shape index (κ3) is 3.45. The van der Waals surface area contributed by atoms with Gasteiger partial charge in [0.05, 0.1) is 17.0 Å². The van der Waals surface area contributed by atoms with Gasteiger partial charge in [0.25, 0.3) is 0 Å². The highest BCUT2D eigenvalue weighted by atomic mass is 16.5. The Labute approximate surface area is 139 Å². The van der Waals surface area contributed by atoms with Crippen molar-refractivity contribution in [2.45, 2.75) is 20.3 Å². The van der Waals surface area contributed by atoms with E-state index in [4.69, 9.17) is 10.3 Å². The van der Waals surface area contributed by atoms with Crippen LogP contribution in [0.5, 0.6) is 5.75 Å². The maximum atomic E-state index is 9.30. The molecule has 2 aromatic heterocycles. The Morgan fingerprint density at radius 1 is 1.17 bits per heavy atom. The molecule has 0 unspecified atom stereocenters. The van der Waals surface area contributed by atoms with Gasteiger partial charge in [0.2, 0.25) is 5.95 Å². The van der Waals surface area contributed by atoms with E-state index in [1.807, 2.05) is 32.0 Å². The number of nitrogens with two attached hydrogens (primary N) is 1. The van der Waals surface area contributed by atoms with E-state index in [0.29, 0.717) is 23.8 Å². The molecule has 4 N–H and O–H groups in total. The molecular weight excluding hydrogens is 306 g/mol. The van der Waals surface area contributed by atoms with Crippen LogP contribution in [0.25, 0.3) is 11.3 Å². The molecule has 0 bridgehead atoms. The number of nitrogens with one attached hydrogen (secondary N) is 1. The Bertz CT molecular complexity index is 823. The molecule has 0 spiro atoms. The molecule has 2 heterocycles. The summed E-state index contributed by atoms with van der Waals surface area (Å²) in [5.74, 6) is 1.80. The fraction of sp³-hybridized carbons (Fsp3) is 0.235. The number of hydrogen-bond donors (Lipinski definition) is 3. The second-order valence-corrected chi connectivity index (χ2v) is 5.54. The van der Waals surface area contributed by atoms with Gasteiger partial charge in [-0.15, -0.1) is 0 Å². The van der Waals surface area contributed by atoms with E-state index in [1.54, 1.807) is 12.1 Å². The summed E-state index contributed by atoms with van der Waals surface area (Å²) in [6.45, 7) is 4.38. The fourth-order valence-electron chi connectivity index (χ4n) is 2.53. The lowest BCUT2D eigenvalue weighted by molar-refractivity contribution is 0.393. The zero-order valence-electron chi connectivity index (χ0n) is 13.6. The third-order valence-corrected chi connectivity index (χ3v) is 3.69. The van der Waals surface area contributed by atoms with Crippen LogP contribution < -0.4 is 11.1 Å². The topological polar surface area (TPSA) is 110 Å². The molecule has 7 heteroatoms. The number of nitrogens with zero attached hydrogens (tertiary/aromatic N) is 3. The average molecular weight is 325 g/mol. The average Bonchev–Trinajstić information content (AvgIpc) is 2.88. The van der Waals surface area contributed by atoms with Crippen LogP contribution in [0.4, 0.5) is 11.8 Å². The van der Waals surface area contributed by atoms with Gasteiger partial charge in [-0.3, -0.25) is 0 Å².